The largest absolute Gasteiger partial charge is 0.490 e. The maximum absolute atomic E-state index is 12.2. The highest BCUT2D eigenvalue weighted by molar-refractivity contribution is 5.39. The van der Waals surface area contributed by atoms with Gasteiger partial charge in [0, 0.05) is 18.0 Å². The zero-order chi connectivity index (χ0) is 17.8. The SMILES string of the molecule is Cc1cc(OCF)ccc1OCC(O)(c1cncnc1)C(C)(C)C. The van der Waals surface area contributed by atoms with Gasteiger partial charge in [-0.3, -0.25) is 0 Å². The summed E-state index contributed by atoms with van der Waals surface area (Å²) < 4.78 is 22.9. The third-order valence-corrected chi connectivity index (χ3v) is 4.08. The number of alkyl halides is 1. The molecule has 24 heavy (non-hydrogen) atoms. The summed E-state index contributed by atoms with van der Waals surface area (Å²) in [4.78, 5) is 7.98. The molecular formula is C18H23FN2O3. The van der Waals surface area contributed by atoms with Gasteiger partial charge in [0.15, 0.2) is 0 Å². The summed E-state index contributed by atoms with van der Waals surface area (Å²) in [7, 11) is 0. The molecule has 130 valence electrons. The zero-order valence-electron chi connectivity index (χ0n) is 14.4. The van der Waals surface area contributed by atoms with Crippen molar-refractivity contribution in [2.24, 2.45) is 5.41 Å². The third kappa shape index (κ3) is 3.82. The lowest BCUT2D eigenvalue weighted by Gasteiger charge is -2.40. The second-order valence-corrected chi connectivity index (χ2v) is 6.71. The molecule has 5 nitrogen and oxygen atoms in total. The van der Waals surface area contributed by atoms with Gasteiger partial charge in [0.1, 0.15) is 30.0 Å². The second kappa shape index (κ2) is 7.13. The normalized spacial score (nSPS) is 14.1. The van der Waals surface area contributed by atoms with Gasteiger partial charge in [-0.1, -0.05) is 20.8 Å². The summed E-state index contributed by atoms with van der Waals surface area (Å²) in [5.41, 5.74) is -0.383. The van der Waals surface area contributed by atoms with E-state index < -0.39 is 17.9 Å². The standard InChI is InChI=1S/C18H23FN2O3/c1-13-7-15(24-11-19)5-6-16(13)23-10-18(22,17(2,3)4)14-8-20-12-21-9-14/h5-9,12,22H,10-11H2,1-4H3. The van der Waals surface area contributed by atoms with Gasteiger partial charge >= 0.3 is 0 Å². The van der Waals surface area contributed by atoms with E-state index in [9.17, 15) is 9.50 Å². The number of aryl methyl sites for hydroxylation is 1. The first kappa shape index (κ1) is 18.1. The van der Waals surface area contributed by atoms with Gasteiger partial charge in [-0.15, -0.1) is 0 Å². The fourth-order valence-corrected chi connectivity index (χ4v) is 2.36. The van der Waals surface area contributed by atoms with Crippen molar-refractivity contribution in [3.8, 4) is 11.5 Å². The van der Waals surface area contributed by atoms with Crippen molar-refractivity contribution in [1.82, 2.24) is 9.97 Å². The van der Waals surface area contributed by atoms with E-state index >= 15 is 0 Å². The summed E-state index contributed by atoms with van der Waals surface area (Å²) >= 11 is 0. The molecule has 0 aliphatic rings. The van der Waals surface area contributed by atoms with Gasteiger partial charge < -0.3 is 14.6 Å². The average molecular weight is 334 g/mol. The number of ether oxygens (including phenoxy) is 2. The van der Waals surface area contributed by atoms with Crippen LogP contribution >= 0.6 is 0 Å². The maximum Gasteiger partial charge on any atom is 0.228 e. The number of nitrogens with zero attached hydrogens (tertiary/aromatic N) is 2. The Kier molecular flexibility index (Phi) is 5.39. The van der Waals surface area contributed by atoms with Gasteiger partial charge in [0.25, 0.3) is 0 Å². The third-order valence-electron chi connectivity index (χ3n) is 4.08. The van der Waals surface area contributed by atoms with Crippen LogP contribution in [-0.2, 0) is 5.60 Å². The molecule has 0 fully saturated rings. The predicted molar refractivity (Wildman–Crippen MR) is 88.7 cm³/mol. The predicted octanol–water partition coefficient (Wildman–Crippen LogP) is 3.40. The fourth-order valence-electron chi connectivity index (χ4n) is 2.36. The second-order valence-electron chi connectivity index (χ2n) is 6.71. The minimum Gasteiger partial charge on any atom is -0.490 e. The van der Waals surface area contributed by atoms with Crippen LogP contribution in [0.5, 0.6) is 11.5 Å². The van der Waals surface area contributed by atoms with Crippen molar-refractivity contribution in [2.75, 3.05) is 13.5 Å². The minimum absolute atomic E-state index is 0.0357. The van der Waals surface area contributed by atoms with Gasteiger partial charge in [-0.05, 0) is 36.1 Å². The highest BCUT2D eigenvalue weighted by Crippen LogP contribution is 2.39. The molecule has 1 atom stereocenters. The highest BCUT2D eigenvalue weighted by atomic mass is 19.1. The summed E-state index contributed by atoms with van der Waals surface area (Å²) in [6, 6.07) is 5.02. The first-order valence-electron chi connectivity index (χ1n) is 7.68. The Morgan fingerprint density at radius 3 is 2.33 bits per heavy atom. The van der Waals surface area contributed by atoms with Crippen molar-refractivity contribution in [2.45, 2.75) is 33.3 Å². The molecule has 0 radical (unpaired) electrons. The van der Waals surface area contributed by atoms with E-state index in [4.69, 9.17) is 9.47 Å². The quantitative estimate of drug-likeness (QED) is 0.877. The molecule has 1 unspecified atom stereocenters. The molecule has 0 spiro atoms. The molecular weight excluding hydrogens is 311 g/mol. The van der Waals surface area contributed by atoms with E-state index in [0.717, 1.165) is 5.56 Å². The molecule has 1 aromatic heterocycles. The Bertz CT molecular complexity index is 674. The van der Waals surface area contributed by atoms with Crippen LogP contribution in [0.2, 0.25) is 0 Å². The molecule has 2 aromatic rings. The van der Waals surface area contributed by atoms with E-state index in [2.05, 4.69) is 9.97 Å². The van der Waals surface area contributed by atoms with E-state index in [1.165, 1.54) is 6.33 Å². The zero-order valence-corrected chi connectivity index (χ0v) is 14.4. The molecule has 0 amide bonds. The van der Waals surface area contributed by atoms with Gasteiger partial charge in [0.05, 0.1) is 0 Å². The number of hydrogen-bond donors (Lipinski definition) is 1. The lowest BCUT2D eigenvalue weighted by atomic mass is 9.73. The topological polar surface area (TPSA) is 64.5 Å². The van der Waals surface area contributed by atoms with E-state index in [-0.39, 0.29) is 6.61 Å². The molecule has 0 bridgehead atoms. The van der Waals surface area contributed by atoms with Crippen molar-refractivity contribution in [3.05, 3.63) is 48.0 Å². The van der Waals surface area contributed by atoms with E-state index in [1.54, 1.807) is 30.6 Å². The number of aromatic nitrogens is 2. The summed E-state index contributed by atoms with van der Waals surface area (Å²) in [6.07, 6.45) is 4.60. The Morgan fingerprint density at radius 2 is 1.79 bits per heavy atom. The number of benzene rings is 1. The first-order valence-corrected chi connectivity index (χ1v) is 7.68. The summed E-state index contributed by atoms with van der Waals surface area (Å²) in [6.45, 7) is 6.77. The number of rotatable bonds is 6. The average Bonchev–Trinajstić information content (AvgIpc) is 2.54. The Morgan fingerprint density at radius 1 is 1.12 bits per heavy atom. The van der Waals surface area contributed by atoms with Crippen molar-refractivity contribution < 1.29 is 19.0 Å². The summed E-state index contributed by atoms with van der Waals surface area (Å²) in [5, 5.41) is 11.2. The van der Waals surface area contributed by atoms with Crippen molar-refractivity contribution in [3.63, 3.8) is 0 Å². The molecule has 1 aromatic carbocycles. The minimum atomic E-state index is -1.27. The monoisotopic (exact) mass is 334 g/mol. The molecule has 1 heterocycles. The highest BCUT2D eigenvalue weighted by Gasteiger charge is 2.43. The molecule has 6 heteroatoms. The van der Waals surface area contributed by atoms with E-state index in [0.29, 0.717) is 17.1 Å². The van der Waals surface area contributed by atoms with Crippen molar-refractivity contribution >= 4 is 0 Å². The van der Waals surface area contributed by atoms with Gasteiger partial charge in [0.2, 0.25) is 6.86 Å². The van der Waals surface area contributed by atoms with Crippen molar-refractivity contribution in [1.29, 1.82) is 0 Å². The Balaban J connectivity index is 2.23. The molecule has 0 aliphatic heterocycles. The van der Waals surface area contributed by atoms with Crippen LogP contribution in [0.3, 0.4) is 0 Å². The van der Waals surface area contributed by atoms with Crippen LogP contribution in [0.1, 0.15) is 31.9 Å². The molecule has 2 rings (SSSR count). The van der Waals surface area contributed by atoms with Crippen LogP contribution in [-0.4, -0.2) is 28.5 Å². The Labute approximate surface area is 141 Å². The maximum atomic E-state index is 12.2. The molecule has 0 aliphatic carbocycles. The van der Waals surface area contributed by atoms with Crippen LogP contribution in [0, 0.1) is 12.3 Å². The lowest BCUT2D eigenvalue weighted by Crippen LogP contribution is -2.45. The van der Waals surface area contributed by atoms with Crippen LogP contribution in [0.15, 0.2) is 36.9 Å². The van der Waals surface area contributed by atoms with Crippen LogP contribution in [0.25, 0.3) is 0 Å². The number of aliphatic hydroxyl groups is 1. The fraction of sp³-hybridized carbons (Fsp3) is 0.444. The Hall–Kier alpha value is -2.21. The molecule has 0 saturated carbocycles. The molecule has 0 saturated heterocycles. The van der Waals surface area contributed by atoms with Gasteiger partial charge in [-0.25, -0.2) is 14.4 Å². The number of halogens is 1. The molecule has 1 N–H and O–H groups in total. The summed E-state index contributed by atoms with van der Waals surface area (Å²) in [5.74, 6) is 1.03. The van der Waals surface area contributed by atoms with Crippen LogP contribution < -0.4 is 9.47 Å². The number of hydrogen-bond acceptors (Lipinski definition) is 5. The van der Waals surface area contributed by atoms with Crippen LogP contribution in [0.4, 0.5) is 4.39 Å². The van der Waals surface area contributed by atoms with E-state index in [1.807, 2.05) is 27.7 Å². The lowest BCUT2D eigenvalue weighted by molar-refractivity contribution is -0.0950. The smallest absolute Gasteiger partial charge is 0.228 e. The first-order chi connectivity index (χ1) is 11.3. The van der Waals surface area contributed by atoms with Gasteiger partial charge in [-0.2, -0.15) is 0 Å².